The number of pyridine rings is 1. The Hall–Kier alpha value is -3.90. The fraction of sp³-hybridized carbons (Fsp3) is 0.448. The van der Waals surface area contributed by atoms with Crippen molar-refractivity contribution in [2.45, 2.75) is 51.2 Å². The topological polar surface area (TPSA) is 142 Å². The number of nitrogens with zero attached hydrogens (tertiary/aromatic N) is 5. The first-order chi connectivity index (χ1) is 20.0. The molecular formula is C29H35N7O4S. The molecule has 1 aliphatic carbocycles. The molecule has 4 heterocycles. The Bertz CT molecular complexity index is 1470. The quantitative estimate of drug-likeness (QED) is 0.282. The van der Waals surface area contributed by atoms with Crippen LogP contribution in [0, 0.1) is 5.92 Å². The Kier molecular flexibility index (Phi) is 7.93. The van der Waals surface area contributed by atoms with Crippen LogP contribution in [0.2, 0.25) is 0 Å². The first-order valence-electron chi connectivity index (χ1n) is 14.2. The molecular weight excluding hydrogens is 542 g/mol. The van der Waals surface area contributed by atoms with E-state index < -0.39 is 11.1 Å². The van der Waals surface area contributed by atoms with E-state index in [1.54, 1.807) is 35.5 Å². The molecule has 1 saturated carbocycles. The van der Waals surface area contributed by atoms with Crippen molar-refractivity contribution in [1.82, 2.24) is 18.6 Å². The molecule has 2 aromatic heterocycles. The monoisotopic (exact) mass is 577 g/mol. The number of piperazine rings is 1. The standard InChI is InChI=1S/C29H35N7O4S/c1-19-9-10-24(40-19)25(20-5-2-3-6-20)32-28-27(33-41(39)34-28)31-23-8-4-7-22(26(23)37)29(38)36-17-15-35(16-18-36)21-11-13-30-14-12-21/h4,7-9,11-14,20,24-25,37H,2-3,5-6,10,15-18H2,1H3,(H,31,33)(H,32,34)/t24?,25-,41?/m1/s1. The van der Waals surface area contributed by atoms with Crippen LogP contribution in [0.5, 0.6) is 5.75 Å². The van der Waals surface area contributed by atoms with Gasteiger partial charge in [0.05, 0.1) is 23.1 Å². The fourth-order valence-corrected chi connectivity index (χ4v) is 6.71. The average molecular weight is 578 g/mol. The number of phenols is 1. The van der Waals surface area contributed by atoms with Crippen molar-refractivity contribution < 1.29 is 19.2 Å². The SMILES string of the molecule is CC1=CCC([C@H](N=c2[nH][s+]([O-])nc2Nc2cccc(C(=O)N3CCN(c4ccncc4)CC3)c2O)C2CCCC2)O1. The maximum atomic E-state index is 13.4. The molecule has 11 nitrogen and oxygen atoms in total. The number of ether oxygens (including phenoxy) is 1. The zero-order valence-electron chi connectivity index (χ0n) is 23.0. The number of benzene rings is 1. The summed E-state index contributed by atoms with van der Waals surface area (Å²) in [6.07, 6.45) is 10.8. The average Bonchev–Trinajstić information content (AvgIpc) is 3.75. The van der Waals surface area contributed by atoms with Gasteiger partial charge < -0.3 is 29.5 Å². The van der Waals surface area contributed by atoms with Gasteiger partial charge in [-0.2, -0.15) is 0 Å². The van der Waals surface area contributed by atoms with Crippen LogP contribution >= 0.6 is 11.1 Å². The number of amides is 1. The van der Waals surface area contributed by atoms with Gasteiger partial charge in [-0.15, -0.1) is 4.37 Å². The summed E-state index contributed by atoms with van der Waals surface area (Å²) < 4.78 is 25.6. The van der Waals surface area contributed by atoms with Crippen LogP contribution in [0.4, 0.5) is 17.2 Å². The summed E-state index contributed by atoms with van der Waals surface area (Å²) in [4.78, 5) is 26.4. The van der Waals surface area contributed by atoms with E-state index in [4.69, 9.17) is 9.73 Å². The van der Waals surface area contributed by atoms with Crippen LogP contribution in [0.15, 0.2) is 59.6 Å². The Morgan fingerprint density at radius 1 is 1.20 bits per heavy atom. The molecule has 3 aromatic rings. The molecule has 0 spiro atoms. The van der Waals surface area contributed by atoms with Crippen molar-refractivity contribution in [1.29, 1.82) is 0 Å². The molecule has 0 radical (unpaired) electrons. The minimum Gasteiger partial charge on any atom is -0.548 e. The van der Waals surface area contributed by atoms with Crippen LogP contribution < -0.4 is 15.7 Å². The van der Waals surface area contributed by atoms with Crippen molar-refractivity contribution in [3.05, 3.63) is 65.6 Å². The summed E-state index contributed by atoms with van der Waals surface area (Å²) in [6, 6.07) is 8.79. The number of hydrogen-bond acceptors (Lipinski definition) is 9. The number of anilines is 3. The zero-order chi connectivity index (χ0) is 28.3. The molecule has 2 fully saturated rings. The van der Waals surface area contributed by atoms with Crippen LogP contribution in [-0.4, -0.2) is 72.5 Å². The van der Waals surface area contributed by atoms with Crippen molar-refractivity contribution in [3.63, 3.8) is 0 Å². The van der Waals surface area contributed by atoms with Crippen LogP contribution in [0.25, 0.3) is 0 Å². The minimum absolute atomic E-state index is 0.0731. The minimum atomic E-state index is -1.70. The number of para-hydroxylation sites is 1. The Balaban J connectivity index is 1.21. The summed E-state index contributed by atoms with van der Waals surface area (Å²) in [5.74, 6) is 1.11. The van der Waals surface area contributed by atoms with Gasteiger partial charge in [0.1, 0.15) is 6.10 Å². The van der Waals surface area contributed by atoms with E-state index in [1.807, 2.05) is 19.1 Å². The van der Waals surface area contributed by atoms with Gasteiger partial charge in [0.2, 0.25) is 11.3 Å². The van der Waals surface area contributed by atoms with E-state index in [0.29, 0.717) is 43.3 Å². The first kappa shape index (κ1) is 27.3. The number of nitrogens with one attached hydrogen (secondary N) is 2. The van der Waals surface area contributed by atoms with Crippen LogP contribution in [0.3, 0.4) is 0 Å². The lowest BCUT2D eigenvalue weighted by molar-refractivity contribution is 0.0743. The summed E-state index contributed by atoms with van der Waals surface area (Å²) in [6.45, 7) is 4.39. The lowest BCUT2D eigenvalue weighted by Gasteiger charge is -2.36. The van der Waals surface area contributed by atoms with Gasteiger partial charge in [-0.1, -0.05) is 18.9 Å². The first-order valence-corrected chi connectivity index (χ1v) is 15.3. The molecule has 0 bridgehead atoms. The molecule has 12 heteroatoms. The second kappa shape index (κ2) is 11.9. The molecule has 3 aliphatic rings. The molecule has 216 valence electrons. The number of hydrogen-bond donors (Lipinski definition) is 3. The predicted octanol–water partition coefficient (Wildman–Crippen LogP) is 4.10. The fourth-order valence-electron chi connectivity index (χ4n) is 6.05. The van der Waals surface area contributed by atoms with E-state index in [1.165, 1.54) is 0 Å². The second-order valence-electron chi connectivity index (χ2n) is 10.8. The molecule has 3 atom stereocenters. The van der Waals surface area contributed by atoms with Gasteiger partial charge in [-0.25, -0.2) is 0 Å². The predicted molar refractivity (Wildman–Crippen MR) is 156 cm³/mol. The lowest BCUT2D eigenvalue weighted by atomic mass is 9.93. The van der Waals surface area contributed by atoms with Crippen molar-refractivity contribution in [2.24, 2.45) is 10.9 Å². The van der Waals surface area contributed by atoms with Gasteiger partial charge in [0.15, 0.2) is 16.9 Å². The number of phenolic OH excluding ortho intramolecular Hbond substituents is 1. The molecule has 3 N–H and O–H groups in total. The van der Waals surface area contributed by atoms with Crippen molar-refractivity contribution >= 4 is 34.2 Å². The van der Waals surface area contributed by atoms with Gasteiger partial charge in [-0.3, -0.25) is 14.8 Å². The Labute approximate surface area is 241 Å². The number of carbonyl (C=O) groups excluding carboxylic acids is 1. The van der Waals surface area contributed by atoms with Gasteiger partial charge in [-0.05, 0) is 56.0 Å². The highest BCUT2D eigenvalue weighted by molar-refractivity contribution is 7.13. The summed E-state index contributed by atoms with van der Waals surface area (Å²) in [7, 11) is 0. The van der Waals surface area contributed by atoms with E-state index >= 15 is 0 Å². The lowest BCUT2D eigenvalue weighted by Crippen LogP contribution is -2.48. The molecule has 41 heavy (non-hydrogen) atoms. The Morgan fingerprint density at radius 2 is 1.95 bits per heavy atom. The number of aromatic amines is 1. The maximum absolute atomic E-state index is 13.4. The van der Waals surface area contributed by atoms with Crippen molar-refractivity contribution in [2.75, 3.05) is 36.4 Å². The van der Waals surface area contributed by atoms with Gasteiger partial charge in [0.25, 0.3) is 5.91 Å². The number of aromatic hydroxyl groups is 1. The largest absolute Gasteiger partial charge is 0.548 e. The molecule has 2 aliphatic heterocycles. The van der Waals surface area contributed by atoms with E-state index in [2.05, 4.69) is 30.0 Å². The third kappa shape index (κ3) is 5.94. The number of H-pyrrole nitrogens is 1. The van der Waals surface area contributed by atoms with E-state index in [9.17, 15) is 14.5 Å². The summed E-state index contributed by atoms with van der Waals surface area (Å²) >= 11 is -1.70. The molecule has 1 amide bonds. The van der Waals surface area contributed by atoms with Gasteiger partial charge in [0, 0.05) is 55.1 Å². The Morgan fingerprint density at radius 3 is 2.66 bits per heavy atom. The molecule has 6 rings (SSSR count). The third-order valence-corrected chi connectivity index (χ3v) is 8.93. The zero-order valence-corrected chi connectivity index (χ0v) is 23.8. The third-order valence-electron chi connectivity index (χ3n) is 8.21. The number of rotatable bonds is 7. The highest BCUT2D eigenvalue weighted by atomic mass is 32.2. The molecule has 2 unspecified atom stereocenters. The normalized spacial score (nSPS) is 21.1. The number of allylic oxidation sites excluding steroid dienone is 1. The highest BCUT2D eigenvalue weighted by Gasteiger charge is 2.35. The van der Waals surface area contributed by atoms with E-state index in [-0.39, 0.29) is 35.2 Å². The maximum Gasteiger partial charge on any atom is 0.257 e. The van der Waals surface area contributed by atoms with Gasteiger partial charge >= 0.3 is 0 Å². The number of carbonyl (C=O) groups is 1. The molecule has 1 saturated heterocycles. The van der Waals surface area contributed by atoms with Crippen molar-refractivity contribution in [3.8, 4) is 5.75 Å². The van der Waals surface area contributed by atoms with Crippen LogP contribution in [0.1, 0.15) is 49.4 Å². The van der Waals surface area contributed by atoms with Crippen LogP contribution in [-0.2, 0) is 4.74 Å². The second-order valence-corrected chi connectivity index (χ2v) is 11.7. The summed E-state index contributed by atoms with van der Waals surface area (Å²) in [5.41, 5.74) is 1.94. The smallest absolute Gasteiger partial charge is 0.257 e. The molecule has 1 aromatic carbocycles. The number of aromatic nitrogens is 3. The van der Waals surface area contributed by atoms with E-state index in [0.717, 1.165) is 43.6 Å². The highest BCUT2D eigenvalue weighted by Crippen LogP contribution is 2.35. The summed E-state index contributed by atoms with van der Waals surface area (Å²) in [5, 5.41) is 14.2.